The molecule has 2 rings (SSSR count). The van der Waals surface area contributed by atoms with E-state index in [-0.39, 0.29) is 0 Å². The Labute approximate surface area is 97.4 Å². The van der Waals surface area contributed by atoms with Crippen LogP contribution in [-0.4, -0.2) is 86.6 Å². The van der Waals surface area contributed by atoms with Gasteiger partial charge in [0, 0.05) is 52.4 Å². The van der Waals surface area contributed by atoms with E-state index in [2.05, 4.69) is 22.2 Å². The fourth-order valence-corrected chi connectivity index (χ4v) is 2.21. The lowest BCUT2D eigenvalue weighted by Crippen LogP contribution is -2.52. The fraction of sp³-hybridized carbons (Fsp3) is 0.909. The van der Waals surface area contributed by atoms with E-state index in [1.165, 1.54) is 0 Å². The highest BCUT2D eigenvalue weighted by atomic mass is 16.2. The predicted octanol–water partition coefficient (Wildman–Crippen LogP) is -1.33. The molecule has 0 saturated carbocycles. The van der Waals surface area contributed by atoms with Crippen molar-refractivity contribution in [3.63, 3.8) is 0 Å². The molecule has 1 N–H and O–H groups in total. The minimum Gasteiger partial charge on any atom is -0.339 e. The van der Waals surface area contributed by atoms with Crippen LogP contribution in [0.4, 0.5) is 0 Å². The molecule has 2 saturated heterocycles. The van der Waals surface area contributed by atoms with E-state index in [0.717, 1.165) is 52.4 Å². The molecule has 0 aliphatic carbocycles. The largest absolute Gasteiger partial charge is 0.339 e. The van der Waals surface area contributed by atoms with Gasteiger partial charge < -0.3 is 15.1 Å². The summed E-state index contributed by atoms with van der Waals surface area (Å²) in [6.45, 7) is 8.42. The van der Waals surface area contributed by atoms with Crippen LogP contribution in [0.15, 0.2) is 0 Å². The molecule has 1 amide bonds. The van der Waals surface area contributed by atoms with Gasteiger partial charge in [0.05, 0.1) is 6.54 Å². The van der Waals surface area contributed by atoms with Crippen LogP contribution in [-0.2, 0) is 4.79 Å². The van der Waals surface area contributed by atoms with Crippen LogP contribution >= 0.6 is 0 Å². The van der Waals surface area contributed by atoms with Gasteiger partial charge in [-0.2, -0.15) is 0 Å². The minimum atomic E-state index is 0.297. The minimum absolute atomic E-state index is 0.297. The lowest BCUT2D eigenvalue weighted by Gasteiger charge is -2.34. The van der Waals surface area contributed by atoms with Crippen molar-refractivity contribution in [3.05, 3.63) is 0 Å². The van der Waals surface area contributed by atoms with E-state index in [0.29, 0.717) is 12.5 Å². The maximum Gasteiger partial charge on any atom is 0.236 e. The Hall–Kier alpha value is -0.650. The second-order valence-electron chi connectivity index (χ2n) is 4.71. The molecular weight excluding hydrogens is 212 g/mol. The second-order valence-corrected chi connectivity index (χ2v) is 4.71. The molecule has 0 bridgehead atoms. The highest BCUT2D eigenvalue weighted by molar-refractivity contribution is 5.78. The lowest BCUT2D eigenvalue weighted by molar-refractivity contribution is -0.133. The molecule has 5 heteroatoms. The summed E-state index contributed by atoms with van der Waals surface area (Å²) < 4.78 is 0. The highest BCUT2D eigenvalue weighted by Gasteiger charge is 2.21. The average Bonchev–Trinajstić information content (AvgIpc) is 2.33. The zero-order valence-corrected chi connectivity index (χ0v) is 10.1. The van der Waals surface area contributed by atoms with Crippen LogP contribution in [0.2, 0.25) is 0 Å². The molecule has 16 heavy (non-hydrogen) atoms. The Morgan fingerprint density at radius 1 is 1.06 bits per heavy atom. The molecule has 0 aromatic carbocycles. The van der Waals surface area contributed by atoms with E-state index < -0.39 is 0 Å². The summed E-state index contributed by atoms with van der Waals surface area (Å²) in [7, 11) is 2.13. The Kier molecular flexibility index (Phi) is 4.15. The number of carbonyl (C=O) groups excluding carboxylic acids is 1. The number of hydrogen-bond acceptors (Lipinski definition) is 4. The molecule has 0 aromatic rings. The van der Waals surface area contributed by atoms with Crippen molar-refractivity contribution >= 4 is 5.91 Å². The van der Waals surface area contributed by atoms with Crippen molar-refractivity contribution in [2.45, 2.75) is 0 Å². The standard InChI is InChI=1S/C11H22N4O/c1-13-6-8-14(9-7-13)10-11(16)15-4-2-12-3-5-15/h12H,2-10H2,1H3/i1+1,6+1,7+1,8+1,9+1,10+1,13+1,14+1. The molecule has 0 atom stereocenters. The summed E-state index contributed by atoms with van der Waals surface area (Å²) in [6, 6.07) is 0. The van der Waals surface area contributed by atoms with Crippen LogP contribution in [0, 0.1) is 0 Å². The van der Waals surface area contributed by atoms with Gasteiger partial charge in [0.2, 0.25) is 5.91 Å². The third-order valence-corrected chi connectivity index (χ3v) is 3.42. The smallest absolute Gasteiger partial charge is 0.236 e. The van der Waals surface area contributed by atoms with Crippen LogP contribution in [0.5, 0.6) is 0 Å². The third kappa shape index (κ3) is 3.17. The number of nitrogens with zero attached hydrogens (tertiary/aromatic N) is 3. The molecule has 0 spiro atoms. The maximum absolute atomic E-state index is 12.0. The molecule has 5 nitrogen and oxygen atoms in total. The van der Waals surface area contributed by atoms with Gasteiger partial charge in [-0.3, -0.25) is 9.69 Å². The number of amides is 1. The molecule has 0 unspecified atom stereocenters. The summed E-state index contributed by atoms with van der Waals surface area (Å²) >= 11 is 0. The average molecular weight is 234 g/mol. The SMILES string of the molecule is [13CH3][15N]1[13CH2][13CH2][15N]([13CH2]C(=O)N2CCNCC2)[13CH2][13CH2]1. The van der Waals surface area contributed by atoms with Crippen LogP contribution in [0.3, 0.4) is 0 Å². The molecular formula is C11H22N4O. The molecule has 2 aliphatic rings. The van der Waals surface area contributed by atoms with Gasteiger partial charge in [-0.25, -0.2) is 0 Å². The molecule has 0 aromatic heterocycles. The van der Waals surface area contributed by atoms with Gasteiger partial charge in [-0.15, -0.1) is 0 Å². The summed E-state index contributed by atoms with van der Waals surface area (Å²) in [6.07, 6.45) is 0. The van der Waals surface area contributed by atoms with Gasteiger partial charge in [0.15, 0.2) is 0 Å². The summed E-state index contributed by atoms with van der Waals surface area (Å²) in [5.74, 6) is 0.297. The van der Waals surface area contributed by atoms with E-state index in [4.69, 9.17) is 0 Å². The zero-order chi connectivity index (χ0) is 11.4. The van der Waals surface area contributed by atoms with E-state index in [9.17, 15) is 4.79 Å². The predicted molar refractivity (Wildman–Crippen MR) is 63.4 cm³/mol. The lowest BCUT2D eigenvalue weighted by atomic mass is 10.4. The van der Waals surface area contributed by atoms with Gasteiger partial charge >= 0.3 is 0 Å². The molecule has 0 radical (unpaired) electrons. The highest BCUT2D eigenvalue weighted by Crippen LogP contribution is 2.01. The molecule has 92 valence electrons. The Morgan fingerprint density at radius 2 is 1.69 bits per heavy atom. The van der Waals surface area contributed by atoms with Crippen molar-refractivity contribution in [3.8, 4) is 0 Å². The fourth-order valence-electron chi connectivity index (χ4n) is 2.21. The monoisotopic (exact) mass is 234 g/mol. The Bertz CT molecular complexity index is 232. The summed E-state index contributed by atoms with van der Waals surface area (Å²) in [5.41, 5.74) is 0. The van der Waals surface area contributed by atoms with Crippen molar-refractivity contribution in [2.75, 3.05) is 66.0 Å². The van der Waals surface area contributed by atoms with Gasteiger partial charge in [0.1, 0.15) is 0 Å². The quantitative estimate of drug-likeness (QED) is 0.474. The third-order valence-electron chi connectivity index (χ3n) is 3.42. The normalized spacial score (nSPS) is 24.7. The first-order valence-electron chi connectivity index (χ1n) is 6.15. The van der Waals surface area contributed by atoms with Crippen molar-refractivity contribution < 1.29 is 4.79 Å². The van der Waals surface area contributed by atoms with Crippen LogP contribution in [0.25, 0.3) is 0 Å². The number of piperazine rings is 2. The summed E-state index contributed by atoms with van der Waals surface area (Å²) in [4.78, 5) is 18.6. The van der Waals surface area contributed by atoms with Crippen LogP contribution < -0.4 is 5.32 Å². The van der Waals surface area contributed by atoms with E-state index in [1.54, 1.807) is 0 Å². The number of likely N-dealkylation sites (N-methyl/N-ethyl adjacent to an activating group) is 1. The van der Waals surface area contributed by atoms with Gasteiger partial charge in [-0.05, 0) is 7.05 Å². The first-order valence-corrected chi connectivity index (χ1v) is 6.15. The zero-order valence-electron chi connectivity index (χ0n) is 10.1. The summed E-state index contributed by atoms with van der Waals surface area (Å²) in [5, 5.41) is 3.26. The van der Waals surface area contributed by atoms with E-state index >= 15 is 0 Å². The molecule has 2 aliphatic heterocycles. The first-order chi connectivity index (χ1) is 7.75. The molecule has 2 fully saturated rings. The van der Waals surface area contributed by atoms with E-state index in [1.807, 2.05) is 4.90 Å². The number of rotatable bonds is 2. The van der Waals surface area contributed by atoms with Crippen molar-refractivity contribution in [1.82, 2.24) is 20.0 Å². The van der Waals surface area contributed by atoms with Crippen molar-refractivity contribution in [1.29, 1.82) is 0 Å². The maximum atomic E-state index is 12.0. The second kappa shape index (κ2) is 5.61. The number of hydrogen-bond donors (Lipinski definition) is 1. The molecule has 2 heterocycles. The van der Waals surface area contributed by atoms with Gasteiger partial charge in [-0.1, -0.05) is 0 Å². The number of nitrogens with one attached hydrogen (secondary N) is 1. The van der Waals surface area contributed by atoms with Gasteiger partial charge in [0.25, 0.3) is 0 Å². The Balaban J connectivity index is 1.73. The number of carbonyl (C=O) groups is 1. The van der Waals surface area contributed by atoms with Crippen molar-refractivity contribution in [2.24, 2.45) is 0 Å². The van der Waals surface area contributed by atoms with Crippen LogP contribution in [0.1, 0.15) is 0 Å². The first kappa shape index (κ1) is 11.8. The Morgan fingerprint density at radius 3 is 2.31 bits per heavy atom. The topological polar surface area (TPSA) is 38.8 Å².